The van der Waals surface area contributed by atoms with Crippen LogP contribution in [0.1, 0.15) is 19.3 Å². The van der Waals surface area contributed by atoms with Gasteiger partial charge < -0.3 is 10.0 Å². The van der Waals surface area contributed by atoms with Crippen LogP contribution in [0, 0.1) is 12.3 Å². The Labute approximate surface area is 90.1 Å². The fourth-order valence-electron chi connectivity index (χ4n) is 2.15. The Hall–Kier alpha value is -1.25. The van der Waals surface area contributed by atoms with Gasteiger partial charge in [0.1, 0.15) is 0 Å². The number of carboxylic acid groups (broad SMARTS) is 1. The van der Waals surface area contributed by atoms with Crippen molar-refractivity contribution < 1.29 is 9.90 Å². The first-order valence-electron chi connectivity index (χ1n) is 5.45. The van der Waals surface area contributed by atoms with Crippen molar-refractivity contribution in [2.75, 3.05) is 13.1 Å². The van der Waals surface area contributed by atoms with Gasteiger partial charge in [-0.2, -0.15) is 0 Å². The van der Waals surface area contributed by atoms with E-state index in [0.717, 1.165) is 25.8 Å². The van der Waals surface area contributed by atoms with Crippen LogP contribution in [0.5, 0.6) is 0 Å². The molecule has 3 heteroatoms. The molecule has 1 aliphatic heterocycles. The Morgan fingerprint density at radius 2 is 2.40 bits per heavy atom. The van der Waals surface area contributed by atoms with Crippen molar-refractivity contribution in [3.8, 4) is 0 Å². The first-order chi connectivity index (χ1) is 7.27. The molecule has 0 bridgehead atoms. The van der Waals surface area contributed by atoms with E-state index in [1.54, 1.807) is 0 Å². The lowest BCUT2D eigenvalue weighted by Crippen LogP contribution is -2.37. The average molecular weight is 206 g/mol. The molecule has 1 heterocycles. The lowest BCUT2D eigenvalue weighted by atomic mass is 9.97. The van der Waals surface area contributed by atoms with Gasteiger partial charge >= 0.3 is 5.97 Å². The minimum absolute atomic E-state index is 0.195. The van der Waals surface area contributed by atoms with Gasteiger partial charge in [-0.15, -0.1) is 0 Å². The van der Waals surface area contributed by atoms with Crippen LogP contribution >= 0.6 is 0 Å². The van der Waals surface area contributed by atoms with Crippen LogP contribution in [0.3, 0.4) is 0 Å². The van der Waals surface area contributed by atoms with Crippen LogP contribution in [0.15, 0.2) is 23.9 Å². The maximum Gasteiger partial charge on any atom is 0.308 e. The molecule has 2 rings (SSSR count). The van der Waals surface area contributed by atoms with E-state index in [4.69, 9.17) is 5.11 Å². The summed E-state index contributed by atoms with van der Waals surface area (Å²) in [5.74, 6) is -0.856. The third-order valence-electron chi connectivity index (χ3n) is 3.00. The van der Waals surface area contributed by atoms with Crippen molar-refractivity contribution in [3.05, 3.63) is 30.3 Å². The molecule has 81 valence electrons. The highest BCUT2D eigenvalue weighted by Gasteiger charge is 2.25. The van der Waals surface area contributed by atoms with Gasteiger partial charge in [0.2, 0.25) is 0 Å². The van der Waals surface area contributed by atoms with Gasteiger partial charge in [-0.1, -0.05) is 12.2 Å². The highest BCUT2D eigenvalue weighted by molar-refractivity contribution is 5.70. The number of hydrogen-bond donors (Lipinski definition) is 1. The van der Waals surface area contributed by atoms with E-state index in [1.165, 1.54) is 5.70 Å². The van der Waals surface area contributed by atoms with Gasteiger partial charge in [0.15, 0.2) is 0 Å². The predicted octanol–water partition coefficient (Wildman–Crippen LogP) is 1.83. The Bertz CT molecular complexity index is 307. The molecule has 2 aliphatic rings. The summed E-state index contributed by atoms with van der Waals surface area (Å²) in [6.07, 6.45) is 11.1. The summed E-state index contributed by atoms with van der Waals surface area (Å²) in [6, 6.07) is 0. The number of likely N-dealkylation sites (tertiary alicyclic amines) is 1. The molecule has 0 saturated carbocycles. The predicted molar refractivity (Wildman–Crippen MR) is 58.1 cm³/mol. The summed E-state index contributed by atoms with van der Waals surface area (Å²) in [5, 5.41) is 8.98. The van der Waals surface area contributed by atoms with E-state index in [9.17, 15) is 4.79 Å². The molecule has 0 aromatic rings. The van der Waals surface area contributed by atoms with Crippen molar-refractivity contribution in [2.45, 2.75) is 19.3 Å². The quantitative estimate of drug-likeness (QED) is 0.749. The van der Waals surface area contributed by atoms with Gasteiger partial charge in [-0.05, 0) is 31.8 Å². The van der Waals surface area contributed by atoms with E-state index in [-0.39, 0.29) is 5.92 Å². The van der Waals surface area contributed by atoms with E-state index < -0.39 is 5.97 Å². The third-order valence-corrected chi connectivity index (χ3v) is 3.00. The third kappa shape index (κ3) is 2.41. The number of aliphatic carboxylic acids is 1. The van der Waals surface area contributed by atoms with Gasteiger partial charge in [-0.25, -0.2) is 0 Å². The summed E-state index contributed by atoms with van der Waals surface area (Å²) in [5.41, 5.74) is 1.18. The Morgan fingerprint density at radius 1 is 1.53 bits per heavy atom. The molecule has 0 aromatic carbocycles. The zero-order valence-electron chi connectivity index (χ0n) is 8.72. The molecule has 15 heavy (non-hydrogen) atoms. The summed E-state index contributed by atoms with van der Waals surface area (Å²) in [4.78, 5) is 13.1. The van der Waals surface area contributed by atoms with Crippen molar-refractivity contribution >= 4 is 5.97 Å². The Balaban J connectivity index is 2.00. The van der Waals surface area contributed by atoms with Crippen molar-refractivity contribution in [2.24, 2.45) is 5.92 Å². The molecule has 1 N–H and O–H groups in total. The maximum absolute atomic E-state index is 10.9. The molecular formula is C12H16NO2. The SMILES string of the molecule is O=C(O)C1CCCN(C2=CC[CH]C=C2)C1. The first kappa shape index (κ1) is 10.3. The van der Waals surface area contributed by atoms with E-state index in [2.05, 4.69) is 23.5 Å². The number of carbonyl (C=O) groups is 1. The van der Waals surface area contributed by atoms with E-state index >= 15 is 0 Å². The fraction of sp³-hybridized carbons (Fsp3) is 0.500. The topological polar surface area (TPSA) is 40.5 Å². The number of carboxylic acids is 1. The molecule has 0 amide bonds. The normalized spacial score (nSPS) is 26.3. The molecule has 0 spiro atoms. The van der Waals surface area contributed by atoms with Gasteiger partial charge in [0, 0.05) is 18.8 Å². The van der Waals surface area contributed by atoms with Crippen molar-refractivity contribution in [1.29, 1.82) is 0 Å². The highest BCUT2D eigenvalue weighted by atomic mass is 16.4. The molecule has 1 atom stereocenters. The fourth-order valence-corrected chi connectivity index (χ4v) is 2.15. The first-order valence-corrected chi connectivity index (χ1v) is 5.45. The molecule has 1 radical (unpaired) electrons. The summed E-state index contributed by atoms with van der Waals surface area (Å²) in [6.45, 7) is 1.64. The van der Waals surface area contributed by atoms with Crippen LogP contribution in [-0.4, -0.2) is 29.1 Å². The number of nitrogens with zero attached hydrogens (tertiary/aromatic N) is 1. The Morgan fingerprint density at radius 3 is 3.07 bits per heavy atom. The summed E-state index contributed by atoms with van der Waals surface area (Å²) < 4.78 is 0. The second-order valence-corrected chi connectivity index (χ2v) is 4.08. The van der Waals surface area contributed by atoms with Crippen molar-refractivity contribution in [1.82, 2.24) is 4.90 Å². The lowest BCUT2D eigenvalue weighted by molar-refractivity contribution is -0.143. The molecular weight excluding hydrogens is 190 g/mol. The number of piperidine rings is 1. The largest absolute Gasteiger partial charge is 0.481 e. The molecule has 1 fully saturated rings. The molecule has 1 unspecified atom stereocenters. The second kappa shape index (κ2) is 4.51. The van der Waals surface area contributed by atoms with Crippen LogP contribution in [0.25, 0.3) is 0 Å². The summed E-state index contributed by atoms with van der Waals surface area (Å²) >= 11 is 0. The maximum atomic E-state index is 10.9. The van der Waals surface area contributed by atoms with Crippen LogP contribution in [-0.2, 0) is 4.79 Å². The number of allylic oxidation sites excluding steroid dienone is 3. The van der Waals surface area contributed by atoms with Crippen LogP contribution in [0.4, 0.5) is 0 Å². The van der Waals surface area contributed by atoms with Gasteiger partial charge in [-0.3, -0.25) is 4.79 Å². The van der Waals surface area contributed by atoms with Gasteiger partial charge in [0.25, 0.3) is 0 Å². The average Bonchev–Trinajstić information content (AvgIpc) is 2.30. The molecule has 1 aliphatic carbocycles. The molecule has 1 saturated heterocycles. The zero-order valence-corrected chi connectivity index (χ0v) is 8.72. The summed E-state index contributed by atoms with van der Waals surface area (Å²) in [7, 11) is 0. The van der Waals surface area contributed by atoms with Gasteiger partial charge in [0.05, 0.1) is 5.92 Å². The Kier molecular flexibility index (Phi) is 3.09. The smallest absolute Gasteiger partial charge is 0.308 e. The molecule has 0 aromatic heterocycles. The lowest BCUT2D eigenvalue weighted by Gasteiger charge is -2.33. The monoisotopic (exact) mass is 206 g/mol. The standard InChI is InChI=1S/C12H16NO2/c14-12(15)10-5-4-8-13(9-10)11-6-2-1-3-7-11/h1-2,6-7,10H,3-5,8-9H2,(H,14,15). The van der Waals surface area contributed by atoms with E-state index in [0.29, 0.717) is 6.54 Å². The molecule has 3 nitrogen and oxygen atoms in total. The van der Waals surface area contributed by atoms with E-state index in [1.807, 2.05) is 6.08 Å². The van der Waals surface area contributed by atoms with Crippen molar-refractivity contribution in [3.63, 3.8) is 0 Å². The highest BCUT2D eigenvalue weighted by Crippen LogP contribution is 2.22. The number of hydrogen-bond acceptors (Lipinski definition) is 2. The van der Waals surface area contributed by atoms with Crippen LogP contribution in [0.2, 0.25) is 0 Å². The second-order valence-electron chi connectivity index (χ2n) is 4.08. The minimum atomic E-state index is -0.661. The minimum Gasteiger partial charge on any atom is -0.481 e. The van der Waals surface area contributed by atoms with Crippen LogP contribution < -0.4 is 0 Å². The number of rotatable bonds is 2. The zero-order chi connectivity index (χ0) is 10.7.